The van der Waals surface area contributed by atoms with Crippen molar-refractivity contribution in [3.63, 3.8) is 0 Å². The number of nitrogens with zero attached hydrogens (tertiary/aromatic N) is 1. The van der Waals surface area contributed by atoms with Gasteiger partial charge < -0.3 is 5.73 Å². The Morgan fingerprint density at radius 3 is 2.38 bits per heavy atom. The zero-order valence-electron chi connectivity index (χ0n) is 13.0. The van der Waals surface area contributed by atoms with Crippen LogP contribution in [0.1, 0.15) is 44.9 Å². The quantitative estimate of drug-likeness (QED) is 0.772. The molecule has 1 aliphatic carbocycles. The highest BCUT2D eigenvalue weighted by Crippen LogP contribution is 2.38. The summed E-state index contributed by atoms with van der Waals surface area (Å²) in [6.07, 6.45) is 9.80. The Bertz CT molecular complexity index is 414. The largest absolute Gasteiger partial charge is 0.330 e. The van der Waals surface area contributed by atoms with E-state index in [1.54, 1.807) is 4.31 Å². The van der Waals surface area contributed by atoms with Crippen LogP contribution >= 0.6 is 11.8 Å². The van der Waals surface area contributed by atoms with Gasteiger partial charge in [0.15, 0.2) is 0 Å². The summed E-state index contributed by atoms with van der Waals surface area (Å²) in [5.41, 5.74) is 5.66. The molecule has 1 aliphatic heterocycles. The molecule has 2 aliphatic rings. The lowest BCUT2D eigenvalue weighted by molar-refractivity contribution is 0.274. The van der Waals surface area contributed by atoms with Gasteiger partial charge in [0, 0.05) is 24.4 Å². The summed E-state index contributed by atoms with van der Waals surface area (Å²) in [5, 5.41) is 0. The van der Waals surface area contributed by atoms with Crippen LogP contribution in [0.5, 0.6) is 0 Å². The van der Waals surface area contributed by atoms with E-state index >= 15 is 0 Å². The van der Waals surface area contributed by atoms with Gasteiger partial charge in [0.1, 0.15) is 0 Å². The predicted molar refractivity (Wildman–Crippen MR) is 89.6 cm³/mol. The topological polar surface area (TPSA) is 75.4 Å². The molecule has 0 bridgehead atoms. The molecule has 0 unspecified atom stereocenters. The standard InChI is InChI=1S/C14H29N3O2S2/c1-20-14(7-3-2-4-8-14)12-16-21(18,19)17-9-5-13(11-15)6-10-17/h13,16H,2-12,15H2,1H3. The molecule has 0 aromatic carbocycles. The molecule has 124 valence electrons. The first-order chi connectivity index (χ1) is 10.0. The van der Waals surface area contributed by atoms with Crippen molar-refractivity contribution in [3.8, 4) is 0 Å². The second-order valence-electron chi connectivity index (χ2n) is 6.35. The van der Waals surface area contributed by atoms with Crippen LogP contribution < -0.4 is 10.5 Å². The summed E-state index contributed by atoms with van der Waals surface area (Å²) in [5.74, 6) is 0.479. The molecule has 1 saturated carbocycles. The lowest BCUT2D eigenvalue weighted by Crippen LogP contribution is -2.50. The molecular formula is C14H29N3O2S2. The third-order valence-electron chi connectivity index (χ3n) is 5.02. The Morgan fingerprint density at radius 1 is 1.24 bits per heavy atom. The number of nitrogens with one attached hydrogen (secondary N) is 1. The monoisotopic (exact) mass is 335 g/mol. The van der Waals surface area contributed by atoms with Crippen LogP contribution in [0, 0.1) is 5.92 Å². The van der Waals surface area contributed by atoms with Crippen LogP contribution in [0.15, 0.2) is 0 Å². The third kappa shape index (κ3) is 4.58. The molecule has 0 spiro atoms. The highest BCUT2D eigenvalue weighted by molar-refractivity contribution is 8.00. The van der Waals surface area contributed by atoms with Crippen LogP contribution in [0.4, 0.5) is 0 Å². The molecule has 5 nitrogen and oxygen atoms in total. The van der Waals surface area contributed by atoms with E-state index in [1.807, 2.05) is 11.8 Å². The fourth-order valence-electron chi connectivity index (χ4n) is 3.35. The van der Waals surface area contributed by atoms with Crippen LogP contribution in [0.25, 0.3) is 0 Å². The zero-order chi connectivity index (χ0) is 15.3. The van der Waals surface area contributed by atoms with Crippen molar-refractivity contribution in [2.75, 3.05) is 32.4 Å². The van der Waals surface area contributed by atoms with Crippen molar-refractivity contribution in [1.29, 1.82) is 0 Å². The highest BCUT2D eigenvalue weighted by atomic mass is 32.2. The molecule has 0 atom stereocenters. The Balaban J connectivity index is 1.89. The molecule has 0 amide bonds. The van der Waals surface area contributed by atoms with Crippen LogP contribution in [0.2, 0.25) is 0 Å². The maximum atomic E-state index is 12.5. The molecule has 3 N–H and O–H groups in total. The van der Waals surface area contributed by atoms with Gasteiger partial charge in [0.2, 0.25) is 0 Å². The number of nitrogens with two attached hydrogens (primary N) is 1. The maximum Gasteiger partial charge on any atom is 0.279 e. The fraction of sp³-hybridized carbons (Fsp3) is 1.00. The molecule has 1 heterocycles. The van der Waals surface area contributed by atoms with Crippen LogP contribution in [-0.4, -0.2) is 49.9 Å². The Kier molecular flexibility index (Phi) is 6.38. The Morgan fingerprint density at radius 2 is 1.86 bits per heavy atom. The number of piperidine rings is 1. The predicted octanol–water partition coefficient (Wildman–Crippen LogP) is 1.56. The number of hydrogen-bond acceptors (Lipinski definition) is 4. The summed E-state index contributed by atoms with van der Waals surface area (Å²) in [6.45, 7) is 2.43. The third-order valence-corrected chi connectivity index (χ3v) is 7.99. The minimum Gasteiger partial charge on any atom is -0.330 e. The smallest absolute Gasteiger partial charge is 0.279 e. The molecule has 2 fully saturated rings. The first-order valence-electron chi connectivity index (χ1n) is 8.01. The average Bonchev–Trinajstić information content (AvgIpc) is 2.54. The van der Waals surface area contributed by atoms with Gasteiger partial charge in [0.05, 0.1) is 0 Å². The molecule has 0 radical (unpaired) electrons. The van der Waals surface area contributed by atoms with Gasteiger partial charge in [-0.05, 0) is 44.4 Å². The molecule has 0 aromatic heterocycles. The van der Waals surface area contributed by atoms with Crippen molar-refractivity contribution >= 4 is 22.0 Å². The number of thioether (sulfide) groups is 1. The summed E-state index contributed by atoms with van der Waals surface area (Å²) >= 11 is 1.82. The van der Waals surface area contributed by atoms with Gasteiger partial charge in [-0.1, -0.05) is 19.3 Å². The maximum absolute atomic E-state index is 12.5. The minimum atomic E-state index is -3.33. The second-order valence-corrected chi connectivity index (χ2v) is 9.38. The van der Waals surface area contributed by atoms with E-state index in [0.29, 0.717) is 32.1 Å². The number of hydrogen-bond donors (Lipinski definition) is 2. The van der Waals surface area contributed by atoms with Gasteiger partial charge in [0.25, 0.3) is 10.2 Å². The summed E-state index contributed by atoms with van der Waals surface area (Å²) in [7, 11) is -3.33. The summed E-state index contributed by atoms with van der Waals surface area (Å²) in [4.78, 5) is 0. The van der Waals surface area contributed by atoms with E-state index < -0.39 is 10.2 Å². The highest BCUT2D eigenvalue weighted by Gasteiger charge is 2.34. The van der Waals surface area contributed by atoms with Gasteiger partial charge in [-0.25, -0.2) is 4.72 Å². The first-order valence-corrected chi connectivity index (χ1v) is 10.7. The minimum absolute atomic E-state index is 0.0981. The molecule has 0 aromatic rings. The van der Waals surface area contributed by atoms with Crippen LogP contribution in [-0.2, 0) is 10.2 Å². The Hall–Kier alpha value is 0.180. The van der Waals surface area contributed by atoms with E-state index in [0.717, 1.165) is 25.7 Å². The van der Waals surface area contributed by atoms with Gasteiger partial charge in [-0.15, -0.1) is 0 Å². The van der Waals surface area contributed by atoms with E-state index in [4.69, 9.17) is 5.73 Å². The van der Waals surface area contributed by atoms with Crippen LogP contribution in [0.3, 0.4) is 0 Å². The molecule has 21 heavy (non-hydrogen) atoms. The average molecular weight is 336 g/mol. The van der Waals surface area contributed by atoms with Crippen molar-refractivity contribution in [1.82, 2.24) is 9.03 Å². The van der Waals surface area contributed by atoms with Gasteiger partial charge in [-0.2, -0.15) is 24.5 Å². The van der Waals surface area contributed by atoms with Crippen molar-refractivity contribution in [2.45, 2.75) is 49.7 Å². The van der Waals surface area contributed by atoms with E-state index in [9.17, 15) is 8.42 Å². The number of rotatable bonds is 6. The van der Waals surface area contributed by atoms with E-state index in [2.05, 4.69) is 11.0 Å². The van der Waals surface area contributed by atoms with E-state index in [-0.39, 0.29) is 4.75 Å². The van der Waals surface area contributed by atoms with Gasteiger partial charge >= 0.3 is 0 Å². The fourth-order valence-corrected chi connectivity index (χ4v) is 5.69. The zero-order valence-corrected chi connectivity index (χ0v) is 14.6. The summed E-state index contributed by atoms with van der Waals surface area (Å²) in [6, 6.07) is 0. The SMILES string of the molecule is CSC1(CNS(=O)(=O)N2CCC(CN)CC2)CCCCC1. The molecular weight excluding hydrogens is 306 g/mol. The van der Waals surface area contributed by atoms with E-state index in [1.165, 1.54) is 19.3 Å². The molecule has 7 heteroatoms. The molecule has 2 rings (SSSR count). The lowest BCUT2D eigenvalue weighted by atomic mass is 9.88. The second kappa shape index (κ2) is 7.64. The Labute approximate surface area is 133 Å². The van der Waals surface area contributed by atoms with Crippen molar-refractivity contribution in [3.05, 3.63) is 0 Å². The van der Waals surface area contributed by atoms with Gasteiger partial charge in [-0.3, -0.25) is 0 Å². The molecule has 1 saturated heterocycles. The lowest BCUT2D eigenvalue weighted by Gasteiger charge is -2.37. The van der Waals surface area contributed by atoms with Crippen molar-refractivity contribution in [2.24, 2.45) is 11.7 Å². The van der Waals surface area contributed by atoms with Crippen molar-refractivity contribution < 1.29 is 8.42 Å². The normalized spacial score (nSPS) is 25.0. The first kappa shape index (κ1) is 17.5. The summed E-state index contributed by atoms with van der Waals surface area (Å²) < 4.78 is 29.5.